The average molecular weight is 244 g/mol. The highest BCUT2D eigenvalue weighted by Crippen LogP contribution is 2.00. The molecule has 0 rings (SSSR count). The molecule has 0 aliphatic carbocycles. The van der Waals surface area contributed by atoms with Crippen molar-refractivity contribution in [3.63, 3.8) is 0 Å². The van der Waals surface area contributed by atoms with Crippen molar-refractivity contribution in [3.8, 4) is 0 Å². The molecule has 0 aromatic heterocycles. The highest BCUT2D eigenvalue weighted by molar-refractivity contribution is 5.81. The summed E-state index contributed by atoms with van der Waals surface area (Å²) >= 11 is 0. The highest BCUT2D eigenvalue weighted by Gasteiger charge is 2.17. The zero-order valence-corrected chi connectivity index (χ0v) is 11.6. The van der Waals surface area contributed by atoms with E-state index in [2.05, 4.69) is 24.5 Å². The molecule has 0 saturated heterocycles. The molecule has 3 N–H and O–H groups in total. The standard InChI is InChI=1S/C13H28N2O2/c1-5-12(6-2)15-13(17)11(4)14-10(3)8-7-9-16/h10-12,14,16H,5-9H2,1-4H3,(H,15,17). The first-order chi connectivity index (χ1) is 8.04. The van der Waals surface area contributed by atoms with Gasteiger partial charge in [-0.25, -0.2) is 0 Å². The van der Waals surface area contributed by atoms with E-state index in [1.807, 2.05) is 13.8 Å². The smallest absolute Gasteiger partial charge is 0.237 e. The van der Waals surface area contributed by atoms with Gasteiger partial charge in [-0.2, -0.15) is 0 Å². The summed E-state index contributed by atoms with van der Waals surface area (Å²) < 4.78 is 0. The largest absolute Gasteiger partial charge is 0.396 e. The monoisotopic (exact) mass is 244 g/mol. The van der Waals surface area contributed by atoms with E-state index in [-0.39, 0.29) is 30.6 Å². The maximum atomic E-state index is 11.9. The Morgan fingerprint density at radius 1 is 1.24 bits per heavy atom. The van der Waals surface area contributed by atoms with Gasteiger partial charge in [0.2, 0.25) is 5.91 Å². The van der Waals surface area contributed by atoms with Gasteiger partial charge in [0.05, 0.1) is 6.04 Å². The molecule has 0 aromatic carbocycles. The molecule has 0 heterocycles. The van der Waals surface area contributed by atoms with Crippen molar-refractivity contribution < 1.29 is 9.90 Å². The van der Waals surface area contributed by atoms with E-state index in [0.717, 1.165) is 25.7 Å². The van der Waals surface area contributed by atoms with E-state index >= 15 is 0 Å². The first kappa shape index (κ1) is 16.4. The molecule has 4 nitrogen and oxygen atoms in total. The van der Waals surface area contributed by atoms with E-state index < -0.39 is 0 Å². The Morgan fingerprint density at radius 2 is 1.82 bits per heavy atom. The Bertz CT molecular complexity index is 206. The molecule has 1 amide bonds. The molecule has 0 aliphatic heterocycles. The quantitative estimate of drug-likeness (QED) is 0.575. The van der Waals surface area contributed by atoms with E-state index in [4.69, 9.17) is 5.11 Å². The Morgan fingerprint density at radius 3 is 2.29 bits per heavy atom. The molecule has 4 heteroatoms. The van der Waals surface area contributed by atoms with Gasteiger partial charge in [-0.1, -0.05) is 13.8 Å². The van der Waals surface area contributed by atoms with Crippen molar-refractivity contribution in [2.75, 3.05) is 6.61 Å². The van der Waals surface area contributed by atoms with E-state index in [9.17, 15) is 4.79 Å². The van der Waals surface area contributed by atoms with Crippen LogP contribution in [0.2, 0.25) is 0 Å². The molecular formula is C13H28N2O2. The van der Waals surface area contributed by atoms with Crippen LogP contribution in [0.5, 0.6) is 0 Å². The molecule has 2 unspecified atom stereocenters. The summed E-state index contributed by atoms with van der Waals surface area (Å²) in [6.45, 7) is 8.29. The minimum atomic E-state index is -0.177. The summed E-state index contributed by atoms with van der Waals surface area (Å²) in [5.41, 5.74) is 0. The lowest BCUT2D eigenvalue weighted by Crippen LogP contribution is -2.48. The second-order valence-electron chi connectivity index (χ2n) is 4.68. The fraction of sp³-hybridized carbons (Fsp3) is 0.923. The SMILES string of the molecule is CCC(CC)NC(=O)C(C)NC(C)CCCO. The number of rotatable bonds is 9. The van der Waals surface area contributed by atoms with Gasteiger partial charge in [0.1, 0.15) is 0 Å². The molecule has 2 atom stereocenters. The Labute approximate surface area is 105 Å². The fourth-order valence-electron chi connectivity index (χ4n) is 1.80. The highest BCUT2D eigenvalue weighted by atomic mass is 16.2. The number of aliphatic hydroxyl groups is 1. The second kappa shape index (κ2) is 9.42. The molecule has 17 heavy (non-hydrogen) atoms. The van der Waals surface area contributed by atoms with Crippen LogP contribution in [0.25, 0.3) is 0 Å². The van der Waals surface area contributed by atoms with Crippen LogP contribution in [-0.2, 0) is 4.79 Å². The summed E-state index contributed by atoms with van der Waals surface area (Å²) in [5, 5.41) is 15.0. The lowest BCUT2D eigenvalue weighted by Gasteiger charge is -2.22. The number of nitrogens with one attached hydrogen (secondary N) is 2. The van der Waals surface area contributed by atoms with Crippen LogP contribution in [0.4, 0.5) is 0 Å². The molecule has 102 valence electrons. The van der Waals surface area contributed by atoms with Gasteiger partial charge in [0.25, 0.3) is 0 Å². The van der Waals surface area contributed by atoms with Crippen LogP contribution >= 0.6 is 0 Å². The average Bonchev–Trinajstić information content (AvgIpc) is 2.32. The number of hydrogen-bond donors (Lipinski definition) is 3. The molecule has 0 aromatic rings. The number of hydrogen-bond acceptors (Lipinski definition) is 3. The van der Waals surface area contributed by atoms with Gasteiger partial charge >= 0.3 is 0 Å². The summed E-state index contributed by atoms with van der Waals surface area (Å²) in [4.78, 5) is 11.9. The van der Waals surface area contributed by atoms with E-state index in [0.29, 0.717) is 0 Å². The summed E-state index contributed by atoms with van der Waals surface area (Å²) in [5.74, 6) is 0.0644. The topological polar surface area (TPSA) is 61.4 Å². The van der Waals surface area contributed by atoms with Crippen LogP contribution in [0.1, 0.15) is 53.4 Å². The van der Waals surface area contributed by atoms with Gasteiger partial charge in [-0.05, 0) is 39.5 Å². The maximum Gasteiger partial charge on any atom is 0.237 e. The maximum absolute atomic E-state index is 11.9. The zero-order chi connectivity index (χ0) is 13.3. The van der Waals surface area contributed by atoms with Gasteiger partial charge in [0, 0.05) is 18.7 Å². The van der Waals surface area contributed by atoms with Crippen LogP contribution in [0, 0.1) is 0 Å². The number of amides is 1. The van der Waals surface area contributed by atoms with Crippen molar-refractivity contribution in [2.24, 2.45) is 0 Å². The first-order valence-electron chi connectivity index (χ1n) is 6.72. The van der Waals surface area contributed by atoms with Crippen molar-refractivity contribution in [2.45, 2.75) is 71.5 Å². The Hall–Kier alpha value is -0.610. The number of aliphatic hydroxyl groups excluding tert-OH is 1. The lowest BCUT2D eigenvalue weighted by atomic mass is 10.1. The second-order valence-corrected chi connectivity index (χ2v) is 4.68. The molecule has 0 radical (unpaired) electrons. The number of carbonyl (C=O) groups is 1. The molecule has 0 bridgehead atoms. The first-order valence-corrected chi connectivity index (χ1v) is 6.72. The van der Waals surface area contributed by atoms with Gasteiger partial charge in [0.15, 0.2) is 0 Å². The third-order valence-corrected chi connectivity index (χ3v) is 3.06. The van der Waals surface area contributed by atoms with Crippen LogP contribution in [0.15, 0.2) is 0 Å². The number of carbonyl (C=O) groups excluding carboxylic acids is 1. The third kappa shape index (κ3) is 7.34. The predicted molar refractivity (Wildman–Crippen MR) is 70.9 cm³/mol. The van der Waals surface area contributed by atoms with Gasteiger partial charge in [-0.3, -0.25) is 4.79 Å². The Kier molecular flexibility index (Phi) is 9.09. The van der Waals surface area contributed by atoms with Crippen LogP contribution in [0.3, 0.4) is 0 Å². The van der Waals surface area contributed by atoms with Crippen molar-refractivity contribution in [3.05, 3.63) is 0 Å². The van der Waals surface area contributed by atoms with E-state index in [1.54, 1.807) is 0 Å². The predicted octanol–water partition coefficient (Wildman–Crippen LogP) is 1.43. The molecular weight excluding hydrogens is 216 g/mol. The lowest BCUT2D eigenvalue weighted by molar-refractivity contribution is -0.123. The van der Waals surface area contributed by atoms with Crippen molar-refractivity contribution >= 4 is 5.91 Å². The van der Waals surface area contributed by atoms with E-state index in [1.165, 1.54) is 0 Å². The van der Waals surface area contributed by atoms with Crippen LogP contribution < -0.4 is 10.6 Å². The van der Waals surface area contributed by atoms with Crippen LogP contribution in [-0.4, -0.2) is 35.7 Å². The third-order valence-electron chi connectivity index (χ3n) is 3.06. The molecule has 0 spiro atoms. The summed E-state index contributed by atoms with van der Waals surface area (Å²) in [6, 6.07) is 0.355. The summed E-state index contributed by atoms with van der Waals surface area (Å²) in [7, 11) is 0. The van der Waals surface area contributed by atoms with Gasteiger partial charge in [-0.15, -0.1) is 0 Å². The Balaban J connectivity index is 3.95. The normalized spacial score (nSPS) is 14.7. The minimum absolute atomic E-state index is 0.0644. The van der Waals surface area contributed by atoms with Gasteiger partial charge < -0.3 is 15.7 Å². The summed E-state index contributed by atoms with van der Waals surface area (Å²) in [6.07, 6.45) is 3.60. The zero-order valence-electron chi connectivity index (χ0n) is 11.6. The molecule has 0 aliphatic rings. The molecule has 0 fully saturated rings. The molecule has 0 saturated carbocycles. The van der Waals surface area contributed by atoms with Crippen molar-refractivity contribution in [1.82, 2.24) is 10.6 Å². The van der Waals surface area contributed by atoms with Crippen molar-refractivity contribution in [1.29, 1.82) is 0 Å². The minimum Gasteiger partial charge on any atom is -0.396 e. The fourth-order valence-corrected chi connectivity index (χ4v) is 1.80.